The van der Waals surface area contributed by atoms with Gasteiger partial charge in [0.2, 0.25) is 11.7 Å². The molecule has 10 heteroatoms. The van der Waals surface area contributed by atoms with Crippen LogP contribution in [0.3, 0.4) is 0 Å². The highest BCUT2D eigenvalue weighted by atomic mass is 16.5. The van der Waals surface area contributed by atoms with Crippen LogP contribution in [0.4, 0.5) is 0 Å². The summed E-state index contributed by atoms with van der Waals surface area (Å²) in [6.07, 6.45) is 2.16. The average Bonchev–Trinajstić information content (AvgIpc) is 3.48. The van der Waals surface area contributed by atoms with E-state index in [1.54, 1.807) is 32.1 Å². The Kier molecular flexibility index (Phi) is 8.40. The molecule has 0 saturated heterocycles. The molecule has 228 valence electrons. The molecular weight excluding hydrogens is 562 g/mol. The van der Waals surface area contributed by atoms with Crippen LogP contribution in [0, 0.1) is 6.92 Å². The third-order valence-electron chi connectivity index (χ3n) is 7.92. The van der Waals surface area contributed by atoms with Crippen LogP contribution in [-0.4, -0.2) is 55.8 Å². The highest BCUT2D eigenvalue weighted by Crippen LogP contribution is 2.44. The van der Waals surface area contributed by atoms with Crippen molar-refractivity contribution in [3.63, 3.8) is 0 Å². The molecule has 3 aromatic carbocycles. The first-order chi connectivity index (χ1) is 21.4. The van der Waals surface area contributed by atoms with Gasteiger partial charge in [-0.15, -0.1) is 0 Å². The van der Waals surface area contributed by atoms with E-state index >= 15 is 0 Å². The fraction of sp³-hybridized carbons (Fsp3) is 0.324. The van der Waals surface area contributed by atoms with Gasteiger partial charge in [0.1, 0.15) is 5.75 Å². The lowest BCUT2D eigenvalue weighted by Crippen LogP contribution is -2.40. The fourth-order valence-electron chi connectivity index (χ4n) is 5.75. The van der Waals surface area contributed by atoms with Crippen LogP contribution in [0.25, 0.3) is 0 Å². The fourth-order valence-corrected chi connectivity index (χ4v) is 5.75. The molecule has 0 radical (unpaired) electrons. The molecule has 10 nitrogen and oxygen atoms in total. The van der Waals surface area contributed by atoms with Crippen molar-refractivity contribution < 1.29 is 33.1 Å². The summed E-state index contributed by atoms with van der Waals surface area (Å²) in [5.41, 5.74) is 4.40. The molecule has 44 heavy (non-hydrogen) atoms. The zero-order valence-corrected chi connectivity index (χ0v) is 25.1. The monoisotopic (exact) mass is 597 g/mol. The van der Waals surface area contributed by atoms with Gasteiger partial charge in [-0.1, -0.05) is 23.4 Å². The number of hydrogen-bond donors (Lipinski definition) is 1. The van der Waals surface area contributed by atoms with Crippen LogP contribution in [-0.2, 0) is 17.6 Å². The Morgan fingerprint density at radius 1 is 0.977 bits per heavy atom. The quantitative estimate of drug-likeness (QED) is 0.334. The highest BCUT2D eigenvalue weighted by Gasteiger charge is 2.36. The number of hydrogen-bond acceptors (Lipinski definition) is 8. The second-order valence-corrected chi connectivity index (χ2v) is 10.9. The Morgan fingerprint density at radius 2 is 1.84 bits per heavy atom. The highest BCUT2D eigenvalue weighted by molar-refractivity contribution is 5.92. The maximum Gasteiger partial charge on any atom is 0.293 e. The van der Waals surface area contributed by atoms with Gasteiger partial charge in [-0.3, -0.25) is 9.59 Å². The van der Waals surface area contributed by atoms with Crippen molar-refractivity contribution in [3.8, 4) is 28.7 Å². The third kappa shape index (κ3) is 6.06. The van der Waals surface area contributed by atoms with E-state index in [0.717, 1.165) is 22.3 Å². The average molecular weight is 598 g/mol. The predicted molar refractivity (Wildman–Crippen MR) is 162 cm³/mol. The minimum Gasteiger partial charge on any atom is -0.493 e. The summed E-state index contributed by atoms with van der Waals surface area (Å²) in [6, 6.07) is 18.5. The number of fused-ring (bicyclic) bond motifs is 8. The standard InChI is InChI=1S/C34H35N3O7/c1-21-16-31(44-36-21)34(39)37-14-12-23-18-30-28(41-3)20-26(23)33(37)24-9-10-27(40-2)29(19-24)42-15-5-13-35-32(38)11-8-22-6-4-7-25(17-22)43-30/h4,6-7,9-10,16-20,33H,5,8,11-15H2,1-3H3,(H,35,38). The van der Waals surface area contributed by atoms with Gasteiger partial charge in [0.25, 0.3) is 5.91 Å². The molecule has 8 bridgehead atoms. The number of nitrogens with one attached hydrogen (secondary N) is 1. The summed E-state index contributed by atoms with van der Waals surface area (Å²) < 4.78 is 29.3. The van der Waals surface area contributed by atoms with Gasteiger partial charge in [-0.05, 0) is 84.8 Å². The maximum atomic E-state index is 13.9. The number of aromatic nitrogens is 1. The van der Waals surface area contributed by atoms with Crippen molar-refractivity contribution >= 4 is 11.8 Å². The third-order valence-corrected chi connectivity index (χ3v) is 7.92. The zero-order valence-electron chi connectivity index (χ0n) is 25.1. The minimum absolute atomic E-state index is 0.0242. The van der Waals surface area contributed by atoms with Crippen molar-refractivity contribution in [1.82, 2.24) is 15.4 Å². The molecule has 0 fully saturated rings. The van der Waals surface area contributed by atoms with Crippen molar-refractivity contribution in [3.05, 3.63) is 94.4 Å². The van der Waals surface area contributed by atoms with Crippen LogP contribution < -0.4 is 24.3 Å². The van der Waals surface area contributed by atoms with Crippen LogP contribution in [0.2, 0.25) is 0 Å². The second kappa shape index (κ2) is 12.7. The molecule has 1 aromatic heterocycles. The smallest absolute Gasteiger partial charge is 0.293 e. The lowest BCUT2D eigenvalue weighted by atomic mass is 9.87. The molecule has 2 amide bonds. The molecule has 7 rings (SSSR count). The minimum atomic E-state index is -0.485. The zero-order chi connectivity index (χ0) is 30.6. The van der Waals surface area contributed by atoms with Crippen molar-refractivity contribution in [2.45, 2.75) is 38.6 Å². The number of benzene rings is 3. The number of carbonyl (C=O) groups is 2. The number of methoxy groups -OCH3 is 2. The molecule has 0 aliphatic carbocycles. The Bertz CT molecular complexity index is 1680. The topological polar surface area (TPSA) is 112 Å². The number of aryl methyl sites for hydroxylation is 2. The first-order valence-electron chi connectivity index (χ1n) is 14.7. The molecule has 3 aliphatic rings. The first kappa shape index (κ1) is 29.1. The van der Waals surface area contributed by atoms with Crippen LogP contribution in [0.15, 0.2) is 65.2 Å². The van der Waals surface area contributed by atoms with E-state index in [0.29, 0.717) is 79.8 Å². The summed E-state index contributed by atoms with van der Waals surface area (Å²) in [5.74, 6) is 2.76. The maximum absolute atomic E-state index is 13.9. The lowest BCUT2D eigenvalue weighted by Gasteiger charge is -2.38. The summed E-state index contributed by atoms with van der Waals surface area (Å²) in [4.78, 5) is 28.2. The van der Waals surface area contributed by atoms with Crippen LogP contribution in [0.5, 0.6) is 28.7 Å². The molecule has 1 atom stereocenters. The van der Waals surface area contributed by atoms with E-state index < -0.39 is 6.04 Å². The van der Waals surface area contributed by atoms with Crippen molar-refractivity contribution in [1.29, 1.82) is 0 Å². The van der Waals surface area contributed by atoms with Crippen molar-refractivity contribution in [2.24, 2.45) is 0 Å². The number of carbonyl (C=O) groups excluding carboxylic acids is 2. The number of nitrogens with zero attached hydrogens (tertiary/aromatic N) is 2. The number of amides is 2. The summed E-state index contributed by atoms with van der Waals surface area (Å²) >= 11 is 0. The van der Waals surface area contributed by atoms with E-state index in [1.165, 1.54) is 0 Å². The van der Waals surface area contributed by atoms with Crippen molar-refractivity contribution in [2.75, 3.05) is 33.9 Å². The van der Waals surface area contributed by atoms with Crippen LogP contribution >= 0.6 is 0 Å². The largest absolute Gasteiger partial charge is 0.493 e. The van der Waals surface area contributed by atoms with Gasteiger partial charge in [0.15, 0.2) is 23.0 Å². The van der Waals surface area contributed by atoms with E-state index in [4.69, 9.17) is 23.5 Å². The Labute approximate surface area is 255 Å². The number of ether oxygens (including phenoxy) is 4. The summed E-state index contributed by atoms with van der Waals surface area (Å²) in [7, 11) is 3.19. The van der Waals surface area contributed by atoms with Gasteiger partial charge in [-0.2, -0.15) is 0 Å². The Balaban J connectivity index is 1.47. The Hall–Kier alpha value is -4.99. The normalized spacial score (nSPS) is 16.8. The van der Waals surface area contributed by atoms with Gasteiger partial charge in [-0.25, -0.2) is 0 Å². The molecule has 4 aromatic rings. The first-order valence-corrected chi connectivity index (χ1v) is 14.7. The number of rotatable bonds is 3. The lowest BCUT2D eigenvalue weighted by molar-refractivity contribution is -0.121. The molecule has 1 unspecified atom stereocenters. The Morgan fingerprint density at radius 3 is 2.64 bits per heavy atom. The van der Waals surface area contributed by atoms with E-state index in [2.05, 4.69) is 10.5 Å². The molecule has 4 heterocycles. The van der Waals surface area contributed by atoms with Crippen LogP contribution in [0.1, 0.15) is 57.4 Å². The predicted octanol–water partition coefficient (Wildman–Crippen LogP) is 5.41. The SMILES string of the molecule is COc1ccc2cc1OCCCNC(=O)CCc1cccc(c1)Oc1cc3c(cc1OC)C2N(C(=O)c1cc(C)no1)CC3. The molecule has 3 aliphatic heterocycles. The van der Waals surface area contributed by atoms with E-state index in [9.17, 15) is 9.59 Å². The summed E-state index contributed by atoms with van der Waals surface area (Å²) in [6.45, 7) is 3.09. The molecule has 0 saturated carbocycles. The van der Waals surface area contributed by atoms with Gasteiger partial charge >= 0.3 is 0 Å². The van der Waals surface area contributed by atoms with E-state index in [-0.39, 0.29) is 17.6 Å². The second-order valence-electron chi connectivity index (χ2n) is 10.9. The van der Waals surface area contributed by atoms with Gasteiger partial charge in [0, 0.05) is 25.6 Å². The molecule has 0 spiro atoms. The molecule has 1 N–H and O–H groups in total. The molecular formula is C34H35N3O7. The summed E-state index contributed by atoms with van der Waals surface area (Å²) in [5, 5.41) is 6.91. The van der Waals surface area contributed by atoms with Gasteiger partial charge < -0.3 is 33.7 Å². The van der Waals surface area contributed by atoms with E-state index in [1.807, 2.05) is 54.6 Å². The van der Waals surface area contributed by atoms with Gasteiger partial charge in [0.05, 0.1) is 32.6 Å².